The first-order valence-corrected chi connectivity index (χ1v) is 7.50. The van der Waals surface area contributed by atoms with Crippen LogP contribution in [0.3, 0.4) is 0 Å². The Bertz CT molecular complexity index is 548. The lowest BCUT2D eigenvalue weighted by molar-refractivity contribution is 0.622. The van der Waals surface area contributed by atoms with Gasteiger partial charge in [0.15, 0.2) is 0 Å². The van der Waals surface area contributed by atoms with Crippen molar-refractivity contribution < 1.29 is 4.39 Å². The van der Waals surface area contributed by atoms with E-state index in [1.54, 1.807) is 0 Å². The van der Waals surface area contributed by atoms with Gasteiger partial charge in [0.05, 0.1) is 6.04 Å². The van der Waals surface area contributed by atoms with Crippen LogP contribution in [0.4, 0.5) is 10.1 Å². The number of hydrogen-bond donors (Lipinski definition) is 1. The van der Waals surface area contributed by atoms with Crippen LogP contribution in [0, 0.1) is 5.82 Å². The number of nitrogens with zero attached hydrogens (tertiary/aromatic N) is 1. The van der Waals surface area contributed by atoms with Crippen molar-refractivity contribution in [3.05, 3.63) is 65.5 Å². The van der Waals surface area contributed by atoms with Crippen LogP contribution >= 0.6 is 0 Å². The number of benzene rings is 2. The minimum Gasteiger partial charge on any atom is -0.363 e. The summed E-state index contributed by atoms with van der Waals surface area (Å²) in [7, 11) is 0. The van der Waals surface area contributed by atoms with Crippen LogP contribution in [0.25, 0.3) is 0 Å². The maximum Gasteiger partial charge on any atom is 0.123 e. The average Bonchev–Trinajstić information content (AvgIpc) is 2.54. The third kappa shape index (κ3) is 3.61. The Morgan fingerprint density at radius 1 is 1.00 bits per heavy atom. The molecule has 0 aliphatic rings. The lowest BCUT2D eigenvalue weighted by Gasteiger charge is -2.32. The molecule has 0 aliphatic heterocycles. The Balaban J connectivity index is 2.29. The summed E-state index contributed by atoms with van der Waals surface area (Å²) in [5.74, 6) is -0.216. The summed E-state index contributed by atoms with van der Waals surface area (Å²) in [6.45, 7) is 5.58. The van der Waals surface area contributed by atoms with Gasteiger partial charge in [-0.2, -0.15) is 0 Å². The molecule has 1 atom stereocenters. The summed E-state index contributed by atoms with van der Waals surface area (Å²) in [6.07, 6.45) is 1.03. The molecule has 0 bridgehead atoms. The van der Waals surface area contributed by atoms with Gasteiger partial charge in [0.1, 0.15) is 5.82 Å². The molecule has 0 heterocycles. The Kier molecular flexibility index (Phi) is 5.34. The normalized spacial score (nSPS) is 12.2. The fraction of sp³-hybridized carbons (Fsp3) is 0.333. The molecule has 1 unspecified atom stereocenters. The van der Waals surface area contributed by atoms with Crippen molar-refractivity contribution in [3.63, 3.8) is 0 Å². The molecule has 112 valence electrons. The van der Waals surface area contributed by atoms with Crippen molar-refractivity contribution in [2.75, 3.05) is 18.0 Å². The van der Waals surface area contributed by atoms with Crippen molar-refractivity contribution in [2.45, 2.75) is 26.3 Å². The molecule has 0 amide bonds. The van der Waals surface area contributed by atoms with Crippen LogP contribution in [0.1, 0.15) is 31.0 Å². The number of likely N-dealkylation sites (N-methyl/N-ethyl adjacent to an activating group) is 1. The number of aryl methyl sites for hydroxylation is 1. The van der Waals surface area contributed by atoms with Crippen LogP contribution < -0.4 is 10.6 Å². The Hall–Kier alpha value is -1.87. The fourth-order valence-electron chi connectivity index (χ4n) is 2.63. The van der Waals surface area contributed by atoms with Gasteiger partial charge < -0.3 is 10.6 Å². The highest BCUT2D eigenvalue weighted by atomic mass is 19.1. The van der Waals surface area contributed by atoms with Crippen molar-refractivity contribution in [1.29, 1.82) is 0 Å². The highest BCUT2D eigenvalue weighted by Crippen LogP contribution is 2.26. The molecule has 0 fully saturated rings. The molecule has 0 saturated heterocycles. The summed E-state index contributed by atoms with van der Waals surface area (Å²) in [6, 6.07) is 15.3. The predicted octanol–water partition coefficient (Wildman–Crippen LogP) is 3.91. The van der Waals surface area contributed by atoms with Crippen molar-refractivity contribution >= 4 is 5.69 Å². The van der Waals surface area contributed by atoms with E-state index < -0.39 is 0 Å². The van der Waals surface area contributed by atoms with Gasteiger partial charge in [-0.3, -0.25) is 0 Å². The summed E-state index contributed by atoms with van der Waals surface area (Å²) in [4.78, 5) is 2.21. The van der Waals surface area contributed by atoms with Crippen LogP contribution in [0.15, 0.2) is 48.5 Å². The fourth-order valence-corrected chi connectivity index (χ4v) is 2.63. The van der Waals surface area contributed by atoms with E-state index in [4.69, 9.17) is 5.73 Å². The standard InChI is InChI=1S/C18H23FN2/c1-3-14-5-7-15(8-6-14)18(13-20)21(4-2)17-11-9-16(19)10-12-17/h5-12,18H,3-4,13,20H2,1-2H3. The van der Waals surface area contributed by atoms with Gasteiger partial charge in [0.2, 0.25) is 0 Å². The molecule has 3 heteroatoms. The van der Waals surface area contributed by atoms with E-state index >= 15 is 0 Å². The molecule has 0 spiro atoms. The zero-order valence-electron chi connectivity index (χ0n) is 12.7. The monoisotopic (exact) mass is 286 g/mol. The minimum atomic E-state index is -0.216. The third-order valence-corrected chi connectivity index (χ3v) is 3.87. The van der Waals surface area contributed by atoms with E-state index in [2.05, 4.69) is 43.0 Å². The zero-order valence-corrected chi connectivity index (χ0v) is 12.7. The van der Waals surface area contributed by atoms with E-state index in [1.807, 2.05) is 12.1 Å². The smallest absolute Gasteiger partial charge is 0.123 e. The van der Waals surface area contributed by atoms with Crippen LogP contribution in [0.5, 0.6) is 0 Å². The lowest BCUT2D eigenvalue weighted by Crippen LogP contribution is -2.33. The molecular formula is C18H23FN2. The maximum atomic E-state index is 13.1. The molecule has 0 saturated carbocycles. The van der Waals surface area contributed by atoms with Gasteiger partial charge in [0.25, 0.3) is 0 Å². The second-order valence-electron chi connectivity index (χ2n) is 5.11. The average molecular weight is 286 g/mol. The summed E-state index contributed by atoms with van der Waals surface area (Å²) in [5.41, 5.74) is 9.51. The van der Waals surface area contributed by atoms with E-state index in [1.165, 1.54) is 23.3 Å². The second-order valence-corrected chi connectivity index (χ2v) is 5.11. The van der Waals surface area contributed by atoms with Crippen LogP contribution in [-0.2, 0) is 6.42 Å². The number of anilines is 1. The third-order valence-electron chi connectivity index (χ3n) is 3.87. The van der Waals surface area contributed by atoms with E-state index in [0.717, 1.165) is 18.7 Å². The molecule has 0 radical (unpaired) electrons. The van der Waals surface area contributed by atoms with Crippen LogP contribution in [0.2, 0.25) is 0 Å². The quantitative estimate of drug-likeness (QED) is 0.872. The number of nitrogens with two attached hydrogens (primary N) is 1. The van der Waals surface area contributed by atoms with Gasteiger partial charge in [-0.15, -0.1) is 0 Å². The van der Waals surface area contributed by atoms with Gasteiger partial charge >= 0.3 is 0 Å². The molecule has 0 aromatic heterocycles. The first kappa shape index (κ1) is 15.5. The minimum absolute atomic E-state index is 0.103. The Labute approximate surface area is 126 Å². The SMILES string of the molecule is CCc1ccc(C(CN)N(CC)c2ccc(F)cc2)cc1. The highest BCUT2D eigenvalue weighted by molar-refractivity contribution is 5.49. The zero-order chi connectivity index (χ0) is 15.2. The maximum absolute atomic E-state index is 13.1. The van der Waals surface area contributed by atoms with Crippen molar-refractivity contribution in [2.24, 2.45) is 5.73 Å². The highest BCUT2D eigenvalue weighted by Gasteiger charge is 2.18. The molecule has 2 aromatic rings. The Morgan fingerprint density at radius 3 is 2.10 bits per heavy atom. The van der Waals surface area contributed by atoms with E-state index in [9.17, 15) is 4.39 Å². The second kappa shape index (κ2) is 7.23. The summed E-state index contributed by atoms with van der Waals surface area (Å²) < 4.78 is 13.1. The van der Waals surface area contributed by atoms with Gasteiger partial charge in [-0.05, 0) is 48.7 Å². The number of rotatable bonds is 6. The summed E-state index contributed by atoms with van der Waals surface area (Å²) >= 11 is 0. The van der Waals surface area contributed by atoms with Crippen LogP contribution in [-0.4, -0.2) is 13.1 Å². The first-order chi connectivity index (χ1) is 10.2. The van der Waals surface area contributed by atoms with Gasteiger partial charge in [0, 0.05) is 18.8 Å². The Morgan fingerprint density at radius 2 is 1.62 bits per heavy atom. The number of halogens is 1. The van der Waals surface area contributed by atoms with Gasteiger partial charge in [-0.25, -0.2) is 4.39 Å². The summed E-state index contributed by atoms with van der Waals surface area (Å²) in [5, 5.41) is 0. The molecule has 2 aromatic carbocycles. The molecule has 0 aliphatic carbocycles. The van der Waals surface area contributed by atoms with E-state index in [-0.39, 0.29) is 11.9 Å². The predicted molar refractivity (Wildman–Crippen MR) is 87.0 cm³/mol. The molecule has 2 nitrogen and oxygen atoms in total. The van der Waals surface area contributed by atoms with E-state index in [0.29, 0.717) is 6.54 Å². The molecular weight excluding hydrogens is 263 g/mol. The first-order valence-electron chi connectivity index (χ1n) is 7.50. The topological polar surface area (TPSA) is 29.3 Å². The largest absolute Gasteiger partial charge is 0.363 e. The van der Waals surface area contributed by atoms with Crippen molar-refractivity contribution in [1.82, 2.24) is 0 Å². The molecule has 21 heavy (non-hydrogen) atoms. The van der Waals surface area contributed by atoms with Gasteiger partial charge in [-0.1, -0.05) is 31.2 Å². The lowest BCUT2D eigenvalue weighted by atomic mass is 10.0. The van der Waals surface area contributed by atoms with Crippen molar-refractivity contribution in [3.8, 4) is 0 Å². The molecule has 2 N–H and O–H groups in total. The number of hydrogen-bond acceptors (Lipinski definition) is 2. The molecule has 2 rings (SSSR count).